The third-order valence-electron chi connectivity index (χ3n) is 5.97. The molecule has 3 aromatic carbocycles. The third-order valence-corrected chi connectivity index (χ3v) is 7.14. The second-order valence-electron chi connectivity index (χ2n) is 8.12. The normalized spacial score (nSPS) is 23.8. The molecule has 8 nitrogen and oxygen atoms in total. The minimum absolute atomic E-state index is 0.0352. The molecule has 0 saturated carbocycles. The van der Waals surface area contributed by atoms with Crippen LogP contribution >= 0.6 is 11.8 Å². The van der Waals surface area contributed by atoms with E-state index in [-0.39, 0.29) is 17.6 Å². The molecule has 34 heavy (non-hydrogen) atoms. The average molecular weight is 471 g/mol. The van der Waals surface area contributed by atoms with Gasteiger partial charge >= 0.3 is 5.18 Å². The molecule has 3 heterocycles. The minimum Gasteiger partial charge on any atom is -0.439 e. The summed E-state index contributed by atoms with van der Waals surface area (Å²) in [4.78, 5) is 24.1. The van der Waals surface area contributed by atoms with Crippen LogP contribution in [-0.2, 0) is 4.79 Å². The van der Waals surface area contributed by atoms with Crippen molar-refractivity contribution >= 4 is 35.1 Å². The lowest BCUT2D eigenvalue weighted by atomic mass is 9.97. The predicted molar refractivity (Wildman–Crippen MR) is 129 cm³/mol. The van der Waals surface area contributed by atoms with E-state index >= 15 is 0 Å². The van der Waals surface area contributed by atoms with Crippen LogP contribution in [-0.4, -0.2) is 26.7 Å². The molecule has 3 aromatic rings. The van der Waals surface area contributed by atoms with Gasteiger partial charge in [-0.1, -0.05) is 60.7 Å². The number of amides is 1. The van der Waals surface area contributed by atoms with Crippen molar-refractivity contribution in [2.24, 2.45) is 5.10 Å². The van der Waals surface area contributed by atoms with Crippen molar-refractivity contribution in [2.75, 3.05) is 0 Å². The monoisotopic (exact) mass is 470 g/mol. The van der Waals surface area contributed by atoms with Crippen LogP contribution in [0.3, 0.4) is 0 Å². The molecule has 1 N–H and O–H groups in total. The van der Waals surface area contributed by atoms with Crippen LogP contribution in [0.1, 0.15) is 29.2 Å². The van der Waals surface area contributed by atoms with Gasteiger partial charge in [0.15, 0.2) is 0 Å². The molecule has 1 amide bonds. The Balaban J connectivity index is 1.41. The maximum atomic E-state index is 13.0. The number of para-hydroxylation sites is 1. The number of nitro benzene ring substituents is 1. The molecule has 1 fully saturated rings. The number of rotatable bonds is 3. The molecule has 3 aliphatic heterocycles. The van der Waals surface area contributed by atoms with E-state index in [1.54, 1.807) is 18.2 Å². The van der Waals surface area contributed by atoms with Gasteiger partial charge in [0.05, 0.1) is 21.6 Å². The Kier molecular flexibility index (Phi) is 4.66. The number of benzene rings is 3. The molecule has 0 aliphatic carbocycles. The van der Waals surface area contributed by atoms with E-state index in [0.29, 0.717) is 22.6 Å². The van der Waals surface area contributed by atoms with Crippen molar-refractivity contribution in [1.29, 1.82) is 0 Å². The van der Waals surface area contributed by atoms with Crippen molar-refractivity contribution in [2.45, 2.75) is 17.6 Å². The highest BCUT2D eigenvalue weighted by Gasteiger charge is 2.57. The van der Waals surface area contributed by atoms with Crippen LogP contribution in [0.15, 0.2) is 88.9 Å². The van der Waals surface area contributed by atoms with E-state index in [4.69, 9.17) is 9.84 Å². The largest absolute Gasteiger partial charge is 0.439 e. The molecule has 0 aromatic heterocycles. The van der Waals surface area contributed by atoms with Crippen LogP contribution < -0.4 is 10.1 Å². The molecule has 2 unspecified atom stereocenters. The summed E-state index contributed by atoms with van der Waals surface area (Å²) in [5.41, 5.74) is 3.47. The summed E-state index contributed by atoms with van der Waals surface area (Å²) < 4.78 is 6.38. The highest BCUT2D eigenvalue weighted by Crippen LogP contribution is 2.53. The van der Waals surface area contributed by atoms with Gasteiger partial charge < -0.3 is 4.74 Å². The summed E-state index contributed by atoms with van der Waals surface area (Å²) in [5.74, 6) is 0.371. The molecule has 0 bridgehead atoms. The number of nitro groups is 1. The molecule has 2 atom stereocenters. The lowest BCUT2D eigenvalue weighted by molar-refractivity contribution is -0.384. The Morgan fingerprint density at radius 3 is 2.74 bits per heavy atom. The van der Waals surface area contributed by atoms with Crippen LogP contribution in [0, 0.1) is 10.1 Å². The van der Waals surface area contributed by atoms with Crippen molar-refractivity contribution in [3.63, 3.8) is 0 Å². The number of nitrogens with one attached hydrogen (secondary N) is 1. The van der Waals surface area contributed by atoms with Crippen molar-refractivity contribution in [3.8, 4) is 5.75 Å². The Morgan fingerprint density at radius 1 is 1.12 bits per heavy atom. The fourth-order valence-corrected chi connectivity index (χ4v) is 5.60. The first kappa shape index (κ1) is 20.5. The summed E-state index contributed by atoms with van der Waals surface area (Å²) in [6.07, 6.45) is 2.31. The number of hydrogen-bond acceptors (Lipinski definition) is 7. The number of carbonyl (C=O) groups is 1. The van der Waals surface area contributed by atoms with Gasteiger partial charge in [-0.3, -0.25) is 20.2 Å². The Morgan fingerprint density at radius 2 is 1.91 bits per heavy atom. The number of non-ortho nitro benzene ring substituents is 1. The minimum atomic E-state index is -1.25. The van der Waals surface area contributed by atoms with Crippen LogP contribution in [0.5, 0.6) is 5.75 Å². The van der Waals surface area contributed by atoms with Gasteiger partial charge in [-0.2, -0.15) is 5.10 Å². The van der Waals surface area contributed by atoms with Gasteiger partial charge in [0.2, 0.25) is 0 Å². The molecule has 6 rings (SSSR count). The number of hydrazone groups is 1. The van der Waals surface area contributed by atoms with E-state index in [1.807, 2.05) is 59.6 Å². The number of fused-ring (bicyclic) bond motifs is 4. The standard InChI is InChI=1S/C25H18N4O4S/c30-24-23(14-16-7-6-10-18(13-16)29(31)32)34-25(26-24)28-21(19-11-4-5-12-22(19)33-25)15-20(27-28)17-8-2-1-3-9-17/h1-14,21H,15H2,(H,26,30)/b23-14-. The molecule has 1 spiro atoms. The smallest absolute Gasteiger partial charge is 0.336 e. The molecule has 168 valence electrons. The van der Waals surface area contributed by atoms with Crippen molar-refractivity contribution in [3.05, 3.63) is 111 Å². The maximum absolute atomic E-state index is 13.0. The van der Waals surface area contributed by atoms with Gasteiger partial charge in [0.1, 0.15) is 5.75 Å². The van der Waals surface area contributed by atoms with Gasteiger partial charge in [0.25, 0.3) is 11.6 Å². The molecule has 1 saturated heterocycles. The van der Waals surface area contributed by atoms with E-state index in [9.17, 15) is 14.9 Å². The molecular formula is C25H18N4O4S. The van der Waals surface area contributed by atoms with Crippen LogP contribution in [0.25, 0.3) is 6.08 Å². The summed E-state index contributed by atoms with van der Waals surface area (Å²) in [5, 5.41) is 19.6. The Bertz CT molecular complexity index is 1390. The molecule has 0 radical (unpaired) electrons. The lowest BCUT2D eigenvalue weighted by Gasteiger charge is -2.43. The van der Waals surface area contributed by atoms with Crippen LogP contribution in [0.2, 0.25) is 0 Å². The first-order valence-electron chi connectivity index (χ1n) is 10.7. The topological polar surface area (TPSA) is 97.1 Å². The Hall–Kier alpha value is -4.11. The van der Waals surface area contributed by atoms with Gasteiger partial charge in [-0.05, 0) is 35.0 Å². The van der Waals surface area contributed by atoms with Crippen LogP contribution in [0.4, 0.5) is 5.69 Å². The zero-order valence-corrected chi connectivity index (χ0v) is 18.6. The summed E-state index contributed by atoms with van der Waals surface area (Å²) >= 11 is 1.22. The number of hydrogen-bond donors (Lipinski definition) is 1. The zero-order valence-electron chi connectivity index (χ0n) is 17.8. The average Bonchev–Trinajstić information content (AvgIpc) is 3.43. The van der Waals surface area contributed by atoms with Crippen molar-refractivity contribution < 1.29 is 14.5 Å². The second-order valence-corrected chi connectivity index (χ2v) is 9.31. The SMILES string of the molecule is O=C1NC2(Oc3ccccc3C3CC(c4ccccc4)=NN32)S/C1=C\c1cccc([N+](=O)[O-])c1. The highest BCUT2D eigenvalue weighted by atomic mass is 32.2. The first-order valence-corrected chi connectivity index (χ1v) is 11.5. The highest BCUT2D eigenvalue weighted by molar-refractivity contribution is 8.05. The fraction of sp³-hybridized carbons (Fsp3) is 0.120. The fourth-order valence-electron chi connectivity index (χ4n) is 4.42. The number of nitrogens with zero attached hydrogens (tertiary/aromatic N) is 3. The first-order chi connectivity index (χ1) is 16.5. The van der Waals surface area contributed by atoms with E-state index in [0.717, 1.165) is 16.8 Å². The number of carbonyl (C=O) groups excluding carboxylic acids is 1. The maximum Gasteiger partial charge on any atom is 0.336 e. The number of thioether (sulfide) groups is 1. The molecule has 3 aliphatic rings. The predicted octanol–water partition coefficient (Wildman–Crippen LogP) is 4.65. The second kappa shape index (κ2) is 7.74. The lowest BCUT2D eigenvalue weighted by Crippen LogP contribution is -2.58. The van der Waals surface area contributed by atoms with E-state index in [1.165, 1.54) is 23.9 Å². The summed E-state index contributed by atoms with van der Waals surface area (Å²) in [7, 11) is 0. The summed E-state index contributed by atoms with van der Waals surface area (Å²) in [6.45, 7) is 0. The van der Waals surface area contributed by atoms with E-state index in [2.05, 4.69) is 5.32 Å². The van der Waals surface area contributed by atoms with Gasteiger partial charge in [0, 0.05) is 24.1 Å². The third kappa shape index (κ3) is 3.32. The Labute approximate surface area is 199 Å². The van der Waals surface area contributed by atoms with Crippen molar-refractivity contribution in [1.82, 2.24) is 10.3 Å². The van der Waals surface area contributed by atoms with Gasteiger partial charge in [-0.15, -0.1) is 0 Å². The molecule has 9 heteroatoms. The van der Waals surface area contributed by atoms with Gasteiger partial charge in [-0.25, -0.2) is 5.01 Å². The number of ether oxygens (including phenoxy) is 1. The molecular weight excluding hydrogens is 452 g/mol. The van der Waals surface area contributed by atoms with E-state index < -0.39 is 10.1 Å². The zero-order chi connectivity index (χ0) is 23.3. The quantitative estimate of drug-likeness (QED) is 0.340. The summed E-state index contributed by atoms with van der Waals surface area (Å²) in [6, 6.07) is 23.8.